The van der Waals surface area contributed by atoms with Crippen LogP contribution in [0, 0.1) is 6.92 Å². The summed E-state index contributed by atoms with van der Waals surface area (Å²) in [5, 5.41) is 14.0. The van der Waals surface area contributed by atoms with Crippen molar-refractivity contribution in [3.63, 3.8) is 0 Å². The van der Waals surface area contributed by atoms with Crippen LogP contribution >= 0.6 is 0 Å². The molecule has 0 spiro atoms. The Morgan fingerprint density at radius 3 is 2.47 bits per heavy atom. The number of hydrogen-bond acceptors (Lipinski definition) is 7. The first-order valence-electron chi connectivity index (χ1n) is 9.07. The third-order valence-corrected chi connectivity index (χ3v) is 4.21. The Hall–Kier alpha value is -3.79. The number of imidazole rings is 1. The van der Waals surface area contributed by atoms with E-state index in [1.54, 1.807) is 30.6 Å². The van der Waals surface area contributed by atoms with Crippen LogP contribution in [0.3, 0.4) is 0 Å². The van der Waals surface area contributed by atoms with Gasteiger partial charge in [0.15, 0.2) is 0 Å². The van der Waals surface area contributed by atoms with E-state index < -0.39 is 17.5 Å². The summed E-state index contributed by atoms with van der Waals surface area (Å²) in [5.74, 6) is 1.28. The molecule has 156 valence electrons. The zero-order chi connectivity index (χ0) is 21.9. The third kappa shape index (κ3) is 4.97. The van der Waals surface area contributed by atoms with Gasteiger partial charge in [-0.05, 0) is 39.0 Å². The van der Waals surface area contributed by atoms with Gasteiger partial charge in [-0.2, -0.15) is 0 Å². The number of nitrogens with one attached hydrogen (secondary N) is 2. The molecule has 3 heterocycles. The number of pyridine rings is 2. The highest BCUT2D eigenvalue weighted by Crippen LogP contribution is 2.26. The molecule has 0 aliphatic rings. The maximum Gasteiger partial charge on any atom is 0.327 e. The van der Waals surface area contributed by atoms with Crippen LogP contribution in [-0.4, -0.2) is 42.2 Å². The largest absolute Gasteiger partial charge is 0.456 e. The predicted molar refractivity (Wildman–Crippen MR) is 109 cm³/mol. The molecule has 0 unspecified atom stereocenters. The number of aromatic nitrogens is 4. The van der Waals surface area contributed by atoms with Gasteiger partial charge in [-0.25, -0.2) is 14.8 Å². The number of rotatable bonds is 5. The van der Waals surface area contributed by atoms with Crippen molar-refractivity contribution in [2.45, 2.75) is 26.4 Å². The molecule has 3 amide bonds. The quantitative estimate of drug-likeness (QED) is 0.588. The smallest absolute Gasteiger partial charge is 0.327 e. The van der Waals surface area contributed by atoms with Crippen molar-refractivity contribution in [1.82, 2.24) is 24.8 Å². The van der Waals surface area contributed by atoms with Gasteiger partial charge in [-0.15, -0.1) is 0 Å². The summed E-state index contributed by atoms with van der Waals surface area (Å²) >= 11 is 0. The fourth-order valence-electron chi connectivity index (χ4n) is 2.41. The molecule has 0 atom stereocenters. The number of anilines is 1. The molecule has 3 N–H and O–H groups in total. The monoisotopic (exact) mass is 410 g/mol. The van der Waals surface area contributed by atoms with Crippen LogP contribution in [0.25, 0.3) is 11.4 Å². The molecule has 3 rings (SSSR count). The maximum atomic E-state index is 11.8. The zero-order valence-electron chi connectivity index (χ0n) is 17.0. The highest BCUT2D eigenvalue weighted by atomic mass is 16.5. The van der Waals surface area contributed by atoms with Crippen LogP contribution in [0.4, 0.5) is 10.6 Å². The molecular weight excluding hydrogens is 388 g/mol. The Morgan fingerprint density at radius 2 is 1.87 bits per heavy atom. The number of urea groups is 1. The predicted octanol–water partition coefficient (Wildman–Crippen LogP) is 2.40. The first kappa shape index (κ1) is 20.9. The summed E-state index contributed by atoms with van der Waals surface area (Å²) < 4.78 is 7.74. The second kappa shape index (κ2) is 8.29. The SMILES string of the molecule is Cc1ncc(-c2cc(Oc3ccc(NC(=O)NC(=O)C(C)(C)O)nc3)ccn2)n1C. The van der Waals surface area contributed by atoms with E-state index in [1.165, 1.54) is 26.1 Å². The first-order chi connectivity index (χ1) is 14.1. The molecule has 0 aliphatic heterocycles. The van der Waals surface area contributed by atoms with Crippen molar-refractivity contribution in [3.8, 4) is 22.9 Å². The fraction of sp³-hybridized carbons (Fsp3) is 0.250. The molecule has 0 saturated carbocycles. The molecular formula is C20H22N6O4. The fourth-order valence-corrected chi connectivity index (χ4v) is 2.41. The van der Waals surface area contributed by atoms with Gasteiger partial charge in [0.2, 0.25) is 0 Å². The van der Waals surface area contributed by atoms with Gasteiger partial charge in [-0.1, -0.05) is 0 Å². The van der Waals surface area contributed by atoms with E-state index in [4.69, 9.17) is 4.74 Å². The van der Waals surface area contributed by atoms with E-state index in [1.807, 2.05) is 23.9 Å². The third-order valence-electron chi connectivity index (χ3n) is 4.21. The minimum Gasteiger partial charge on any atom is -0.456 e. The minimum atomic E-state index is -1.67. The van der Waals surface area contributed by atoms with E-state index in [-0.39, 0.29) is 5.82 Å². The summed E-state index contributed by atoms with van der Waals surface area (Å²) in [5.41, 5.74) is -0.0859. The normalized spacial score (nSPS) is 11.1. The molecule has 0 bridgehead atoms. The van der Waals surface area contributed by atoms with Crippen molar-refractivity contribution in [3.05, 3.63) is 48.7 Å². The maximum absolute atomic E-state index is 11.8. The van der Waals surface area contributed by atoms with E-state index >= 15 is 0 Å². The lowest BCUT2D eigenvalue weighted by Crippen LogP contribution is -2.46. The Balaban J connectivity index is 1.65. The number of amides is 3. The summed E-state index contributed by atoms with van der Waals surface area (Å²) in [6.07, 6.45) is 4.82. The van der Waals surface area contributed by atoms with Crippen LogP contribution in [-0.2, 0) is 11.8 Å². The summed E-state index contributed by atoms with van der Waals surface area (Å²) in [6.45, 7) is 4.46. The van der Waals surface area contributed by atoms with Crippen LogP contribution < -0.4 is 15.4 Å². The average molecular weight is 410 g/mol. The number of imide groups is 1. The van der Waals surface area contributed by atoms with Gasteiger partial charge < -0.3 is 14.4 Å². The Bertz CT molecular complexity index is 1070. The topological polar surface area (TPSA) is 131 Å². The molecule has 3 aromatic heterocycles. The molecule has 0 fully saturated rings. The highest BCUT2D eigenvalue weighted by Gasteiger charge is 2.25. The van der Waals surface area contributed by atoms with Gasteiger partial charge in [0, 0.05) is 19.3 Å². The molecule has 0 aliphatic carbocycles. The summed E-state index contributed by atoms with van der Waals surface area (Å²) in [4.78, 5) is 36.1. The van der Waals surface area contributed by atoms with Gasteiger partial charge in [0.1, 0.15) is 28.7 Å². The van der Waals surface area contributed by atoms with Crippen molar-refractivity contribution in [2.24, 2.45) is 7.05 Å². The number of nitrogens with zero attached hydrogens (tertiary/aromatic N) is 4. The van der Waals surface area contributed by atoms with E-state index in [2.05, 4.69) is 20.3 Å². The highest BCUT2D eigenvalue weighted by molar-refractivity contribution is 6.03. The van der Waals surface area contributed by atoms with Crippen molar-refractivity contribution in [2.75, 3.05) is 5.32 Å². The number of ether oxygens (including phenoxy) is 1. The first-order valence-corrected chi connectivity index (χ1v) is 9.07. The van der Waals surface area contributed by atoms with Crippen molar-refractivity contribution >= 4 is 17.8 Å². The lowest BCUT2D eigenvalue weighted by molar-refractivity contribution is -0.135. The van der Waals surface area contributed by atoms with Gasteiger partial charge in [0.25, 0.3) is 5.91 Å². The Morgan fingerprint density at radius 1 is 1.10 bits per heavy atom. The summed E-state index contributed by atoms with van der Waals surface area (Å²) in [6, 6.07) is 5.85. The van der Waals surface area contributed by atoms with Crippen LogP contribution in [0.15, 0.2) is 42.9 Å². The van der Waals surface area contributed by atoms with Gasteiger partial charge >= 0.3 is 6.03 Å². The zero-order valence-corrected chi connectivity index (χ0v) is 17.0. The molecule has 30 heavy (non-hydrogen) atoms. The van der Waals surface area contributed by atoms with E-state index in [0.717, 1.165) is 17.2 Å². The Labute approximate surface area is 173 Å². The van der Waals surface area contributed by atoms with Gasteiger partial charge in [-0.3, -0.25) is 20.4 Å². The number of carbonyl (C=O) groups is 2. The van der Waals surface area contributed by atoms with Crippen molar-refractivity contribution < 1.29 is 19.4 Å². The molecule has 3 aromatic rings. The number of aryl methyl sites for hydroxylation is 1. The Kier molecular flexibility index (Phi) is 5.79. The van der Waals surface area contributed by atoms with Crippen LogP contribution in [0.5, 0.6) is 11.5 Å². The standard InChI is InChI=1S/C20H22N6O4/c1-12-22-11-16(26(12)4)15-9-13(7-8-21-15)30-14-5-6-17(23-10-14)24-19(28)25-18(27)20(2,3)29/h5-11,29H,1-4H3,(H2,23,24,25,27,28). The lowest BCUT2D eigenvalue weighted by Gasteiger charge is -2.15. The second-order valence-electron chi connectivity index (χ2n) is 7.07. The average Bonchev–Trinajstić information content (AvgIpc) is 3.01. The van der Waals surface area contributed by atoms with E-state index in [0.29, 0.717) is 11.5 Å². The van der Waals surface area contributed by atoms with Crippen molar-refractivity contribution in [1.29, 1.82) is 0 Å². The second-order valence-corrected chi connectivity index (χ2v) is 7.07. The molecule has 10 nitrogen and oxygen atoms in total. The molecule has 0 radical (unpaired) electrons. The molecule has 0 aromatic carbocycles. The van der Waals surface area contributed by atoms with Gasteiger partial charge in [0.05, 0.1) is 23.8 Å². The number of hydrogen-bond donors (Lipinski definition) is 3. The molecule has 0 saturated heterocycles. The van der Waals surface area contributed by atoms with Crippen LogP contribution in [0.2, 0.25) is 0 Å². The number of aliphatic hydroxyl groups is 1. The van der Waals surface area contributed by atoms with Crippen LogP contribution in [0.1, 0.15) is 19.7 Å². The summed E-state index contributed by atoms with van der Waals surface area (Å²) in [7, 11) is 1.91. The molecule has 10 heteroatoms. The lowest BCUT2D eigenvalue weighted by atomic mass is 10.1. The number of carbonyl (C=O) groups excluding carboxylic acids is 2. The van der Waals surface area contributed by atoms with E-state index in [9.17, 15) is 14.7 Å². The minimum absolute atomic E-state index is 0.212.